The summed E-state index contributed by atoms with van der Waals surface area (Å²) in [5, 5.41) is 2.85. The van der Waals surface area contributed by atoms with E-state index in [2.05, 4.69) is 10.1 Å². The van der Waals surface area contributed by atoms with Gasteiger partial charge in [-0.15, -0.1) is 0 Å². The maximum atomic E-state index is 12.5. The summed E-state index contributed by atoms with van der Waals surface area (Å²) >= 11 is 0. The summed E-state index contributed by atoms with van der Waals surface area (Å²) in [6, 6.07) is 9.49. The molecule has 0 fully saturated rings. The Bertz CT molecular complexity index is 886. The van der Waals surface area contributed by atoms with Gasteiger partial charge in [-0.25, -0.2) is 0 Å². The summed E-state index contributed by atoms with van der Waals surface area (Å²) in [5.41, 5.74) is 1.40. The van der Waals surface area contributed by atoms with Gasteiger partial charge in [-0.1, -0.05) is 6.07 Å². The number of carbonyl (C=O) groups excluding carboxylic acids is 1. The van der Waals surface area contributed by atoms with Gasteiger partial charge in [-0.05, 0) is 49.8 Å². The fraction of sp³-hybridized carbons (Fsp3) is 0.318. The number of rotatable bonds is 10. The second kappa shape index (κ2) is 11.0. The number of benzene rings is 2. The summed E-state index contributed by atoms with van der Waals surface area (Å²) in [4.78, 5) is 12.3. The fourth-order valence-electron chi connectivity index (χ4n) is 2.78. The molecule has 0 aromatic heterocycles. The number of hydrogen-bond donors (Lipinski definition) is 1. The Kier molecular flexibility index (Phi) is 8.46. The van der Waals surface area contributed by atoms with Gasteiger partial charge in [0.1, 0.15) is 11.5 Å². The van der Waals surface area contributed by atoms with Crippen LogP contribution in [0.2, 0.25) is 0 Å². The van der Waals surface area contributed by atoms with Crippen LogP contribution >= 0.6 is 0 Å². The third-order valence-electron chi connectivity index (χ3n) is 4.18. The molecule has 1 atom stereocenters. The van der Waals surface area contributed by atoms with Gasteiger partial charge in [0, 0.05) is 17.7 Å². The van der Waals surface area contributed by atoms with Crippen molar-refractivity contribution < 1.29 is 32.5 Å². The Morgan fingerprint density at radius 2 is 1.83 bits per heavy atom. The highest BCUT2D eigenvalue weighted by Crippen LogP contribution is 2.31. The number of halogens is 2. The average molecular weight is 421 g/mol. The van der Waals surface area contributed by atoms with E-state index in [1.54, 1.807) is 45.4 Å². The van der Waals surface area contributed by atoms with Gasteiger partial charge >= 0.3 is 6.61 Å². The Morgan fingerprint density at radius 1 is 1.07 bits per heavy atom. The molecule has 2 rings (SSSR count). The normalized spacial score (nSPS) is 12.0. The van der Waals surface area contributed by atoms with Crippen LogP contribution in [0.1, 0.15) is 31.0 Å². The molecule has 162 valence electrons. The molecule has 0 aliphatic rings. The number of amides is 1. The molecule has 0 aliphatic carbocycles. The van der Waals surface area contributed by atoms with Crippen LogP contribution in [0.4, 0.5) is 8.78 Å². The summed E-state index contributed by atoms with van der Waals surface area (Å²) in [7, 11) is 3.11. The topological polar surface area (TPSA) is 66.0 Å². The van der Waals surface area contributed by atoms with Crippen molar-refractivity contribution in [1.82, 2.24) is 5.32 Å². The van der Waals surface area contributed by atoms with Crippen LogP contribution in [0.15, 0.2) is 42.5 Å². The van der Waals surface area contributed by atoms with Crippen molar-refractivity contribution in [3.05, 3.63) is 53.6 Å². The highest BCUT2D eigenvalue weighted by molar-refractivity contribution is 5.92. The predicted octanol–water partition coefficient (Wildman–Crippen LogP) is 4.59. The van der Waals surface area contributed by atoms with Gasteiger partial charge in [0.05, 0.1) is 26.9 Å². The molecule has 0 aliphatic heterocycles. The standard InChI is InChI=1S/C22H25F2NO5/c1-5-29-20-12-15(6-10-18(20)30-22(23)24)7-11-21(26)25-14(2)17-9-8-16(27-3)13-19(17)28-4/h6-14,22H,5H2,1-4H3,(H,25,26)/b11-7+. The first-order valence-electron chi connectivity index (χ1n) is 9.30. The Labute approximate surface area is 174 Å². The molecular weight excluding hydrogens is 396 g/mol. The van der Waals surface area contributed by atoms with Crippen LogP contribution in [0.5, 0.6) is 23.0 Å². The first-order chi connectivity index (χ1) is 14.4. The number of alkyl halides is 2. The summed E-state index contributed by atoms with van der Waals surface area (Å²) in [6.07, 6.45) is 2.91. The fourth-order valence-corrected chi connectivity index (χ4v) is 2.78. The molecule has 0 saturated carbocycles. The Balaban J connectivity index is 2.09. The Hall–Kier alpha value is -3.29. The van der Waals surface area contributed by atoms with Crippen LogP contribution in [0.25, 0.3) is 6.08 Å². The monoisotopic (exact) mass is 421 g/mol. The van der Waals surface area contributed by atoms with Gasteiger partial charge in [-0.2, -0.15) is 8.78 Å². The Morgan fingerprint density at radius 3 is 2.47 bits per heavy atom. The molecule has 30 heavy (non-hydrogen) atoms. The van der Waals surface area contributed by atoms with E-state index in [9.17, 15) is 13.6 Å². The lowest BCUT2D eigenvalue weighted by Crippen LogP contribution is -2.25. The molecule has 1 amide bonds. The highest BCUT2D eigenvalue weighted by Gasteiger charge is 2.14. The van der Waals surface area contributed by atoms with Gasteiger partial charge in [0.25, 0.3) is 0 Å². The van der Waals surface area contributed by atoms with Crippen molar-refractivity contribution in [1.29, 1.82) is 0 Å². The molecule has 0 saturated heterocycles. The third-order valence-corrected chi connectivity index (χ3v) is 4.18. The zero-order valence-electron chi connectivity index (χ0n) is 17.3. The van der Waals surface area contributed by atoms with E-state index in [4.69, 9.17) is 14.2 Å². The second-order valence-electron chi connectivity index (χ2n) is 6.19. The molecule has 0 spiro atoms. The lowest BCUT2D eigenvalue weighted by molar-refractivity contribution is -0.117. The first-order valence-corrected chi connectivity index (χ1v) is 9.30. The molecule has 1 unspecified atom stereocenters. The zero-order valence-corrected chi connectivity index (χ0v) is 17.3. The van der Waals surface area contributed by atoms with E-state index in [1.165, 1.54) is 18.2 Å². The van der Waals surface area contributed by atoms with Crippen molar-refractivity contribution in [2.75, 3.05) is 20.8 Å². The molecular formula is C22H25F2NO5. The quantitative estimate of drug-likeness (QED) is 0.568. The second-order valence-corrected chi connectivity index (χ2v) is 6.19. The van der Waals surface area contributed by atoms with Crippen LogP contribution in [-0.2, 0) is 4.79 Å². The maximum absolute atomic E-state index is 12.5. The first kappa shape index (κ1) is 23.0. The van der Waals surface area contributed by atoms with Gasteiger partial charge in [0.2, 0.25) is 5.91 Å². The minimum absolute atomic E-state index is 0.0614. The maximum Gasteiger partial charge on any atom is 0.387 e. The van der Waals surface area contributed by atoms with E-state index in [1.807, 2.05) is 13.0 Å². The predicted molar refractivity (Wildman–Crippen MR) is 109 cm³/mol. The smallest absolute Gasteiger partial charge is 0.387 e. The van der Waals surface area contributed by atoms with E-state index in [0.717, 1.165) is 5.56 Å². The van der Waals surface area contributed by atoms with Crippen molar-refractivity contribution >= 4 is 12.0 Å². The number of carbonyl (C=O) groups is 1. The third kappa shape index (κ3) is 6.37. The van der Waals surface area contributed by atoms with Gasteiger partial charge < -0.3 is 24.3 Å². The minimum Gasteiger partial charge on any atom is -0.497 e. The summed E-state index contributed by atoms with van der Waals surface area (Å²) in [5.74, 6) is 1.04. The average Bonchev–Trinajstić information content (AvgIpc) is 2.73. The summed E-state index contributed by atoms with van der Waals surface area (Å²) in [6.45, 7) is 0.901. The molecule has 0 bridgehead atoms. The van der Waals surface area contributed by atoms with E-state index in [-0.39, 0.29) is 30.1 Å². The summed E-state index contributed by atoms with van der Waals surface area (Å²) < 4.78 is 45.3. The van der Waals surface area contributed by atoms with E-state index in [0.29, 0.717) is 17.1 Å². The molecule has 6 nitrogen and oxygen atoms in total. The molecule has 8 heteroatoms. The van der Waals surface area contributed by atoms with Crippen molar-refractivity contribution in [3.8, 4) is 23.0 Å². The molecule has 0 heterocycles. The van der Waals surface area contributed by atoms with Gasteiger partial charge in [0.15, 0.2) is 11.5 Å². The van der Waals surface area contributed by atoms with E-state index < -0.39 is 6.61 Å². The van der Waals surface area contributed by atoms with Crippen molar-refractivity contribution in [2.24, 2.45) is 0 Å². The molecule has 1 N–H and O–H groups in total. The largest absolute Gasteiger partial charge is 0.497 e. The highest BCUT2D eigenvalue weighted by atomic mass is 19.3. The number of hydrogen-bond acceptors (Lipinski definition) is 5. The van der Waals surface area contributed by atoms with Crippen LogP contribution in [-0.4, -0.2) is 33.3 Å². The van der Waals surface area contributed by atoms with Gasteiger partial charge in [-0.3, -0.25) is 4.79 Å². The number of ether oxygens (including phenoxy) is 4. The number of methoxy groups -OCH3 is 2. The zero-order chi connectivity index (χ0) is 22.1. The van der Waals surface area contributed by atoms with Crippen LogP contribution in [0.3, 0.4) is 0 Å². The van der Waals surface area contributed by atoms with Crippen LogP contribution < -0.4 is 24.3 Å². The molecule has 0 radical (unpaired) electrons. The van der Waals surface area contributed by atoms with Crippen molar-refractivity contribution in [2.45, 2.75) is 26.5 Å². The van der Waals surface area contributed by atoms with Crippen molar-refractivity contribution in [3.63, 3.8) is 0 Å². The van der Waals surface area contributed by atoms with Crippen LogP contribution in [0, 0.1) is 0 Å². The lowest BCUT2D eigenvalue weighted by atomic mass is 10.1. The lowest BCUT2D eigenvalue weighted by Gasteiger charge is -2.17. The van der Waals surface area contributed by atoms with E-state index >= 15 is 0 Å². The minimum atomic E-state index is -2.95. The molecule has 2 aromatic rings. The molecule has 2 aromatic carbocycles. The SMILES string of the molecule is CCOc1cc(/C=C/C(=O)NC(C)c2ccc(OC)cc2OC)ccc1OC(F)F. The number of nitrogens with one attached hydrogen (secondary N) is 1.